The van der Waals surface area contributed by atoms with Gasteiger partial charge in [0.25, 0.3) is 0 Å². The van der Waals surface area contributed by atoms with Crippen molar-refractivity contribution >= 4 is 86.6 Å². The Morgan fingerprint density at radius 2 is 1.38 bits per heavy atom. The predicted molar refractivity (Wildman–Crippen MR) is 304 cm³/mol. The second kappa shape index (κ2) is 31.1. The summed E-state index contributed by atoms with van der Waals surface area (Å²) in [6, 6.07) is 6.85. The van der Waals surface area contributed by atoms with Crippen LogP contribution in [0, 0.1) is 5.92 Å². The number of ether oxygens (including phenoxy) is 1. The average molecular weight is 1150 g/mol. The van der Waals surface area contributed by atoms with Crippen molar-refractivity contribution in [2.24, 2.45) is 33.8 Å². The van der Waals surface area contributed by atoms with Gasteiger partial charge in [0.1, 0.15) is 48.0 Å². The molecule has 10 amide bonds. The molecular weight excluding hydrogens is 1070 g/mol. The van der Waals surface area contributed by atoms with Gasteiger partial charge in [-0.1, -0.05) is 97.2 Å². The molecule has 1 saturated carbocycles. The van der Waals surface area contributed by atoms with E-state index in [1.165, 1.54) is 26.5 Å². The van der Waals surface area contributed by atoms with Crippen LogP contribution in [0.1, 0.15) is 109 Å². The number of primary amides is 2. The predicted octanol–water partition coefficient (Wildman–Crippen LogP) is -0.167. The van der Waals surface area contributed by atoms with Crippen molar-refractivity contribution in [3.8, 4) is 5.75 Å². The number of benzene rings is 2. The van der Waals surface area contributed by atoms with Crippen molar-refractivity contribution in [3.63, 3.8) is 0 Å². The van der Waals surface area contributed by atoms with Gasteiger partial charge in [-0.15, -0.1) is 0 Å². The number of likely N-dealkylation sites (tertiary alicyclic amines) is 1. The van der Waals surface area contributed by atoms with Crippen LogP contribution in [0.2, 0.25) is 0 Å². The maximum atomic E-state index is 15.0. The normalized spacial score (nSPS) is 22.8. The molecule has 0 unspecified atom stereocenters. The van der Waals surface area contributed by atoms with E-state index in [4.69, 9.17) is 27.7 Å². The zero-order valence-corrected chi connectivity index (χ0v) is 47.6. The Morgan fingerprint density at radius 1 is 0.750 bits per heavy atom. The fourth-order valence-corrected chi connectivity index (χ4v) is 13.1. The first-order chi connectivity index (χ1) is 38.0. The molecule has 5 rings (SSSR count). The van der Waals surface area contributed by atoms with Crippen molar-refractivity contribution in [3.05, 3.63) is 65.7 Å². The number of aliphatic imine (C=N–C) groups is 1. The Bertz CT molecular complexity index is 2530. The van der Waals surface area contributed by atoms with Crippen LogP contribution >= 0.6 is 21.6 Å². The minimum atomic E-state index is -1.66. The smallest absolute Gasteiger partial charge is 0.246 e. The van der Waals surface area contributed by atoms with E-state index in [9.17, 15) is 47.9 Å². The third kappa shape index (κ3) is 20.2. The van der Waals surface area contributed by atoms with E-state index in [0.29, 0.717) is 36.1 Å². The van der Waals surface area contributed by atoms with Gasteiger partial charge in [-0.25, -0.2) is 0 Å². The van der Waals surface area contributed by atoms with Gasteiger partial charge in [-0.05, 0) is 81.5 Å². The number of amides is 10. The highest BCUT2D eigenvalue weighted by Gasteiger charge is 2.42. The summed E-state index contributed by atoms with van der Waals surface area (Å²) in [4.78, 5) is 144. The van der Waals surface area contributed by atoms with Crippen LogP contribution in [-0.4, -0.2) is 148 Å². The zero-order chi connectivity index (χ0) is 58.5. The second-order valence-electron chi connectivity index (χ2n) is 21.1. The standard InChI is InChI=1S/C54H79N13O11S2/c1-31(2)45-51(76)64-39(27-42(55)68)48(73)65-40(52(77)67-24-12-16-41(67)50(75)62-36(15-11-23-59-53(57)58)46(71)60-29-43(56)69)30-79-80-54(21-9-6-10-22-54)28-44(70)61-37(26-34-17-19-35(20-18-34)78-32(3)4)47(72)63-38(49(74)66-45)25-33-13-7-5-8-14-33/h5,7-8,13-14,17-20,31-32,36-41,45H,6,9-12,15-16,21-30H2,1-4H3,(H2,55,68)(H2,56,69)(H,60,71)(H,61,70)(H,62,75)(H,63,72)(H,64,76)(H,65,73)(H,66,74)(H4,57,58,59)/t36-,37-,38+,39+,40+,41-,45-/m0/s1. The molecule has 26 heteroatoms. The molecule has 3 aliphatic rings. The summed E-state index contributed by atoms with van der Waals surface area (Å²) in [5, 5.41) is 19.0. The lowest BCUT2D eigenvalue weighted by Gasteiger charge is -2.37. The number of hydrogen-bond acceptors (Lipinski definition) is 14. The average Bonchev–Trinajstić information content (AvgIpc) is 3.90. The fraction of sp³-hybridized carbons (Fsp3) is 0.574. The molecular formula is C54H79N13O11S2. The first-order valence-corrected chi connectivity index (χ1v) is 29.5. The largest absolute Gasteiger partial charge is 0.491 e. The topological polar surface area (TPSA) is 384 Å². The van der Waals surface area contributed by atoms with E-state index >= 15 is 0 Å². The lowest BCUT2D eigenvalue weighted by Crippen LogP contribution is -2.61. The van der Waals surface area contributed by atoms with Crippen LogP contribution in [-0.2, 0) is 60.8 Å². The Kier molecular flexibility index (Phi) is 24.7. The molecule has 3 fully saturated rings. The van der Waals surface area contributed by atoms with E-state index in [1.54, 1.807) is 68.4 Å². The van der Waals surface area contributed by atoms with Crippen LogP contribution in [0.4, 0.5) is 0 Å². The Hall–Kier alpha value is -7.09. The molecule has 2 aliphatic heterocycles. The molecule has 2 aromatic rings. The van der Waals surface area contributed by atoms with Crippen LogP contribution in [0.25, 0.3) is 0 Å². The van der Waals surface area contributed by atoms with Gasteiger partial charge in [0, 0.05) is 42.9 Å². The number of guanidine groups is 1. The molecule has 15 N–H and O–H groups in total. The van der Waals surface area contributed by atoms with Crippen molar-refractivity contribution in [2.45, 2.75) is 164 Å². The third-order valence-electron chi connectivity index (χ3n) is 13.8. The molecule has 2 aromatic carbocycles. The van der Waals surface area contributed by atoms with Crippen LogP contribution in [0.5, 0.6) is 5.75 Å². The second-order valence-corrected chi connectivity index (χ2v) is 23.9. The molecule has 1 aliphatic carbocycles. The maximum absolute atomic E-state index is 15.0. The SMILES string of the molecule is CC(C)Oc1ccc(C[C@@H]2NC(=O)CC3(CCCCC3)SSC[C@H](C(=O)N3CCC[C@H]3C(=O)N[C@@H](CCCN=C(N)N)C(=O)NCC(N)=O)NC(=O)[C@@H](CC(N)=O)NC(=O)[C@H](C(C)C)NC(=O)[C@@H](Cc3ccccc3)NC2=O)cc1. The highest BCUT2D eigenvalue weighted by Crippen LogP contribution is 2.48. The van der Waals surface area contributed by atoms with Crippen LogP contribution in [0.3, 0.4) is 0 Å². The van der Waals surface area contributed by atoms with Gasteiger partial charge in [-0.3, -0.25) is 52.9 Å². The van der Waals surface area contributed by atoms with Gasteiger partial charge in [0.15, 0.2) is 5.96 Å². The summed E-state index contributed by atoms with van der Waals surface area (Å²) < 4.78 is 5.13. The van der Waals surface area contributed by atoms with Crippen molar-refractivity contribution in [1.82, 2.24) is 42.1 Å². The molecule has 2 saturated heterocycles. The quantitative estimate of drug-likeness (QED) is 0.0377. The number of nitrogens with two attached hydrogens (primary N) is 4. The molecule has 1 spiro atoms. The van der Waals surface area contributed by atoms with Crippen molar-refractivity contribution < 1.29 is 52.7 Å². The molecule has 24 nitrogen and oxygen atoms in total. The van der Waals surface area contributed by atoms with Gasteiger partial charge >= 0.3 is 0 Å². The highest BCUT2D eigenvalue weighted by molar-refractivity contribution is 8.77. The van der Waals surface area contributed by atoms with Crippen LogP contribution < -0.4 is 64.9 Å². The molecule has 0 bridgehead atoms. The summed E-state index contributed by atoms with van der Waals surface area (Å²) in [5.41, 5.74) is 23.2. The lowest BCUT2D eigenvalue weighted by molar-refractivity contribution is -0.142. The Morgan fingerprint density at radius 3 is 2.00 bits per heavy atom. The van der Waals surface area contributed by atoms with E-state index in [-0.39, 0.29) is 69.4 Å². The minimum Gasteiger partial charge on any atom is -0.491 e. The van der Waals surface area contributed by atoms with Gasteiger partial charge in [0.05, 0.1) is 19.1 Å². The third-order valence-corrected chi connectivity index (χ3v) is 17.1. The first-order valence-electron chi connectivity index (χ1n) is 27.1. The van der Waals surface area contributed by atoms with Crippen LogP contribution in [0.15, 0.2) is 59.6 Å². The number of hydrogen-bond donors (Lipinski definition) is 11. The molecule has 0 aromatic heterocycles. The molecule has 80 heavy (non-hydrogen) atoms. The fourth-order valence-electron chi connectivity index (χ4n) is 9.75. The summed E-state index contributed by atoms with van der Waals surface area (Å²) >= 11 is 0. The number of nitrogens with zero attached hydrogens (tertiary/aromatic N) is 2. The van der Waals surface area contributed by atoms with Gasteiger partial charge in [-0.2, -0.15) is 0 Å². The van der Waals surface area contributed by atoms with Crippen molar-refractivity contribution in [2.75, 3.05) is 25.4 Å². The monoisotopic (exact) mass is 1150 g/mol. The molecule has 2 heterocycles. The summed E-state index contributed by atoms with van der Waals surface area (Å²) in [6.07, 6.45) is 3.65. The number of rotatable bonds is 19. The van der Waals surface area contributed by atoms with E-state index in [2.05, 4.69) is 42.2 Å². The highest BCUT2D eigenvalue weighted by atomic mass is 33.1. The van der Waals surface area contributed by atoms with E-state index in [1.807, 2.05) is 13.8 Å². The summed E-state index contributed by atoms with van der Waals surface area (Å²) in [7, 11) is 2.59. The Balaban J connectivity index is 1.52. The maximum Gasteiger partial charge on any atom is 0.246 e. The lowest BCUT2D eigenvalue weighted by atomic mass is 9.85. The summed E-state index contributed by atoms with van der Waals surface area (Å²) in [5.74, 6) is -7.89. The Labute approximate surface area is 474 Å². The van der Waals surface area contributed by atoms with Crippen molar-refractivity contribution in [1.29, 1.82) is 0 Å². The zero-order valence-electron chi connectivity index (χ0n) is 45.9. The molecule has 0 radical (unpaired) electrons. The van der Waals surface area contributed by atoms with E-state index < -0.39 is 125 Å². The first kappa shape index (κ1) is 63.7. The summed E-state index contributed by atoms with van der Waals surface area (Å²) in [6.45, 7) is 6.78. The molecule has 438 valence electrons. The number of nitrogens with one attached hydrogen (secondary N) is 7. The van der Waals surface area contributed by atoms with Gasteiger partial charge < -0.3 is 69.8 Å². The minimum absolute atomic E-state index is 0.0149. The van der Waals surface area contributed by atoms with E-state index in [0.717, 1.165) is 19.3 Å². The number of carbonyl (C=O) groups excluding carboxylic acids is 10. The van der Waals surface area contributed by atoms with Gasteiger partial charge in [0.2, 0.25) is 59.1 Å². The molecule has 7 atom stereocenters. The number of carbonyl (C=O) groups is 10.